The van der Waals surface area contributed by atoms with Crippen molar-refractivity contribution < 1.29 is 4.79 Å². The van der Waals surface area contributed by atoms with Crippen LogP contribution in [0.5, 0.6) is 0 Å². The largest absolute Gasteiger partial charge is 0.339 e. The van der Waals surface area contributed by atoms with E-state index in [0.29, 0.717) is 11.8 Å². The summed E-state index contributed by atoms with van der Waals surface area (Å²) in [7, 11) is 0. The number of carbonyl (C=O) groups is 1. The Hall–Kier alpha value is -2.73. The first-order chi connectivity index (χ1) is 18.4. The number of aromatic nitrogens is 3. The molecule has 4 heterocycles. The third-order valence-electron chi connectivity index (χ3n) is 7.75. The number of hydrogen-bond donors (Lipinski definition) is 0. The summed E-state index contributed by atoms with van der Waals surface area (Å²) in [5.74, 6) is 1.29. The van der Waals surface area contributed by atoms with E-state index >= 15 is 0 Å². The van der Waals surface area contributed by atoms with Gasteiger partial charge in [-0.15, -0.1) is 0 Å². The highest BCUT2D eigenvalue weighted by atomic mass is 16.2. The fourth-order valence-corrected chi connectivity index (χ4v) is 5.38. The lowest BCUT2D eigenvalue weighted by molar-refractivity contribution is 0.0741. The van der Waals surface area contributed by atoms with Crippen molar-refractivity contribution in [2.45, 2.75) is 79.1 Å². The molecule has 6 nitrogen and oxygen atoms in total. The van der Waals surface area contributed by atoms with Gasteiger partial charge in [-0.05, 0) is 93.8 Å². The van der Waals surface area contributed by atoms with E-state index in [0.717, 1.165) is 74.1 Å². The Labute approximate surface area is 229 Å². The molecule has 1 saturated heterocycles. The molecule has 38 heavy (non-hydrogen) atoms. The van der Waals surface area contributed by atoms with E-state index in [4.69, 9.17) is 5.10 Å². The van der Waals surface area contributed by atoms with Crippen LogP contribution in [0.15, 0.2) is 42.9 Å². The van der Waals surface area contributed by atoms with E-state index in [1.165, 1.54) is 37.9 Å². The van der Waals surface area contributed by atoms with Crippen LogP contribution in [0.1, 0.15) is 93.4 Å². The lowest BCUT2D eigenvalue weighted by Crippen LogP contribution is -2.34. The van der Waals surface area contributed by atoms with Crippen molar-refractivity contribution in [2.24, 2.45) is 11.8 Å². The fraction of sp³-hybridized carbons (Fsp3) is 0.594. The van der Waals surface area contributed by atoms with Crippen molar-refractivity contribution in [2.75, 3.05) is 32.7 Å². The number of amides is 1. The predicted octanol–water partition coefficient (Wildman–Crippen LogP) is 6.27. The number of carbonyl (C=O) groups excluding carboxylic acids is 1. The van der Waals surface area contributed by atoms with E-state index < -0.39 is 0 Å². The summed E-state index contributed by atoms with van der Waals surface area (Å²) < 4.78 is 1.98. The highest BCUT2D eigenvalue weighted by Gasteiger charge is 2.20. The zero-order chi connectivity index (χ0) is 26.9. The molecule has 1 aliphatic rings. The summed E-state index contributed by atoms with van der Waals surface area (Å²) in [4.78, 5) is 22.7. The minimum atomic E-state index is 0.142. The van der Waals surface area contributed by atoms with Crippen molar-refractivity contribution >= 4 is 11.4 Å². The quantitative estimate of drug-likeness (QED) is 0.268. The molecule has 4 rings (SSSR count). The summed E-state index contributed by atoms with van der Waals surface area (Å²) in [5.41, 5.74) is 5.38. The van der Waals surface area contributed by atoms with E-state index in [9.17, 15) is 4.79 Å². The molecular formula is C32H47N5O. The topological polar surface area (TPSA) is 53.7 Å². The molecule has 0 radical (unpaired) electrons. The van der Waals surface area contributed by atoms with Gasteiger partial charge in [-0.1, -0.05) is 40.2 Å². The summed E-state index contributed by atoms with van der Waals surface area (Å²) in [6, 6.07) is 8.15. The SMILES string of the molecule is CC(C)CCN(CCC(C)C)C(=O)c1ccn2nc(Cc3cccnc3)c(CCCN3CCCCC3)c2c1. The average molecular weight is 518 g/mol. The normalized spacial score (nSPS) is 14.6. The minimum absolute atomic E-state index is 0.142. The minimum Gasteiger partial charge on any atom is -0.339 e. The van der Waals surface area contributed by atoms with Crippen LogP contribution < -0.4 is 0 Å². The predicted molar refractivity (Wildman–Crippen MR) is 156 cm³/mol. The molecule has 1 amide bonds. The van der Waals surface area contributed by atoms with Gasteiger partial charge in [-0.3, -0.25) is 9.78 Å². The van der Waals surface area contributed by atoms with E-state index in [2.05, 4.69) is 54.6 Å². The molecule has 3 aromatic heterocycles. The molecule has 3 aromatic rings. The van der Waals surface area contributed by atoms with Gasteiger partial charge < -0.3 is 9.80 Å². The van der Waals surface area contributed by atoms with Crippen molar-refractivity contribution in [3.05, 3.63) is 65.2 Å². The Morgan fingerprint density at radius 3 is 2.42 bits per heavy atom. The summed E-state index contributed by atoms with van der Waals surface area (Å²) in [6.07, 6.45) is 14.6. The van der Waals surface area contributed by atoms with Gasteiger partial charge in [0.25, 0.3) is 5.91 Å². The Morgan fingerprint density at radius 1 is 1.03 bits per heavy atom. The van der Waals surface area contributed by atoms with Crippen LogP contribution in [-0.4, -0.2) is 63.0 Å². The zero-order valence-electron chi connectivity index (χ0n) is 24.0. The second-order valence-corrected chi connectivity index (χ2v) is 11.9. The maximum atomic E-state index is 13.7. The van der Waals surface area contributed by atoms with Crippen molar-refractivity contribution in [1.82, 2.24) is 24.4 Å². The third kappa shape index (κ3) is 7.89. The van der Waals surface area contributed by atoms with Gasteiger partial charge in [0.2, 0.25) is 0 Å². The highest BCUT2D eigenvalue weighted by molar-refractivity contribution is 5.95. The van der Waals surface area contributed by atoms with Crippen LogP contribution in [0.25, 0.3) is 5.52 Å². The maximum Gasteiger partial charge on any atom is 0.253 e. The number of hydrogen-bond acceptors (Lipinski definition) is 4. The van der Waals surface area contributed by atoms with E-state index in [-0.39, 0.29) is 5.91 Å². The van der Waals surface area contributed by atoms with E-state index in [1.54, 1.807) is 0 Å². The molecule has 0 saturated carbocycles. The van der Waals surface area contributed by atoms with Gasteiger partial charge >= 0.3 is 0 Å². The lowest BCUT2D eigenvalue weighted by Gasteiger charge is -2.26. The molecule has 0 unspecified atom stereocenters. The molecule has 1 fully saturated rings. The first kappa shape index (κ1) is 28.3. The van der Waals surface area contributed by atoms with Crippen LogP contribution in [0.2, 0.25) is 0 Å². The fourth-order valence-electron chi connectivity index (χ4n) is 5.38. The lowest BCUT2D eigenvalue weighted by atomic mass is 10.0. The monoisotopic (exact) mass is 517 g/mol. The van der Waals surface area contributed by atoms with Gasteiger partial charge in [0.05, 0.1) is 11.2 Å². The molecule has 1 aliphatic heterocycles. The van der Waals surface area contributed by atoms with Crippen LogP contribution >= 0.6 is 0 Å². The number of aryl methyl sites for hydroxylation is 1. The Morgan fingerprint density at radius 2 is 1.76 bits per heavy atom. The zero-order valence-corrected chi connectivity index (χ0v) is 24.0. The van der Waals surface area contributed by atoms with Crippen LogP contribution in [0.3, 0.4) is 0 Å². The smallest absolute Gasteiger partial charge is 0.253 e. The summed E-state index contributed by atoms with van der Waals surface area (Å²) in [6.45, 7) is 14.1. The Kier molecular flexibility index (Phi) is 10.3. The van der Waals surface area contributed by atoms with E-state index in [1.807, 2.05) is 35.2 Å². The van der Waals surface area contributed by atoms with Gasteiger partial charge in [-0.2, -0.15) is 5.10 Å². The molecule has 0 bridgehead atoms. The van der Waals surface area contributed by atoms with Crippen LogP contribution in [-0.2, 0) is 12.8 Å². The van der Waals surface area contributed by atoms with Gasteiger partial charge in [0.1, 0.15) is 0 Å². The second kappa shape index (κ2) is 13.9. The average Bonchev–Trinajstić information content (AvgIpc) is 3.25. The number of nitrogens with zero attached hydrogens (tertiary/aromatic N) is 5. The number of fused-ring (bicyclic) bond motifs is 1. The molecule has 0 aromatic carbocycles. The number of piperidine rings is 1. The molecule has 6 heteroatoms. The van der Waals surface area contributed by atoms with Gasteiger partial charge in [0, 0.05) is 49.2 Å². The van der Waals surface area contributed by atoms with Crippen molar-refractivity contribution in [3.8, 4) is 0 Å². The first-order valence-corrected chi connectivity index (χ1v) is 14.8. The molecule has 0 N–H and O–H groups in total. The molecule has 0 atom stereocenters. The third-order valence-corrected chi connectivity index (χ3v) is 7.75. The molecular weight excluding hydrogens is 470 g/mol. The van der Waals surface area contributed by atoms with Crippen LogP contribution in [0.4, 0.5) is 0 Å². The van der Waals surface area contributed by atoms with Crippen molar-refractivity contribution in [1.29, 1.82) is 0 Å². The van der Waals surface area contributed by atoms with Crippen molar-refractivity contribution in [3.63, 3.8) is 0 Å². The van der Waals surface area contributed by atoms with Gasteiger partial charge in [0.15, 0.2) is 0 Å². The summed E-state index contributed by atoms with van der Waals surface area (Å²) in [5, 5.41) is 4.99. The Bertz CT molecular complexity index is 1140. The molecule has 0 spiro atoms. The standard InChI is InChI=1S/C32H47N5O/c1-25(2)12-19-36(20-13-26(3)4)32(38)28-14-21-37-31(23-28)29(11-9-18-35-16-6-5-7-17-35)30(34-37)22-27-10-8-15-33-24-27/h8,10,14-15,21,23-26H,5-7,9,11-13,16-20,22H2,1-4H3. The maximum absolute atomic E-state index is 13.7. The van der Waals surface area contributed by atoms with Crippen LogP contribution in [0, 0.1) is 11.8 Å². The Balaban J connectivity index is 1.60. The molecule has 206 valence electrons. The molecule has 0 aliphatic carbocycles. The number of likely N-dealkylation sites (tertiary alicyclic amines) is 1. The number of pyridine rings is 2. The second-order valence-electron chi connectivity index (χ2n) is 11.9. The number of rotatable bonds is 13. The highest BCUT2D eigenvalue weighted by Crippen LogP contribution is 2.23. The first-order valence-electron chi connectivity index (χ1n) is 14.8. The summed E-state index contributed by atoms with van der Waals surface area (Å²) >= 11 is 0. The van der Waals surface area contributed by atoms with Gasteiger partial charge in [-0.25, -0.2) is 4.52 Å².